The van der Waals surface area contributed by atoms with Crippen molar-refractivity contribution >= 4 is 28.1 Å². The third-order valence-electron chi connectivity index (χ3n) is 2.84. The van der Waals surface area contributed by atoms with E-state index in [4.69, 9.17) is 4.74 Å². The molecule has 0 spiro atoms. The van der Waals surface area contributed by atoms with Crippen LogP contribution >= 0.6 is 11.3 Å². The summed E-state index contributed by atoms with van der Waals surface area (Å²) in [6.45, 7) is 3.75. The lowest BCUT2D eigenvalue weighted by Crippen LogP contribution is -2.28. The average molecular weight is 321 g/mol. The van der Waals surface area contributed by atoms with Gasteiger partial charge in [0.1, 0.15) is 6.04 Å². The molecular formula is C14H15N3O4S. The van der Waals surface area contributed by atoms with E-state index in [2.05, 4.69) is 10.3 Å². The molecule has 116 valence electrons. The molecule has 1 atom stereocenters. The van der Waals surface area contributed by atoms with Gasteiger partial charge in [0.25, 0.3) is 5.69 Å². The number of nitro groups is 1. The van der Waals surface area contributed by atoms with E-state index in [0.29, 0.717) is 23.0 Å². The highest BCUT2D eigenvalue weighted by Gasteiger charge is 2.16. The maximum atomic E-state index is 11.6. The van der Waals surface area contributed by atoms with Crippen molar-refractivity contribution in [2.24, 2.45) is 0 Å². The van der Waals surface area contributed by atoms with Crippen LogP contribution in [-0.2, 0) is 9.53 Å². The molecule has 1 aromatic carbocycles. The number of thiazole rings is 1. The summed E-state index contributed by atoms with van der Waals surface area (Å²) >= 11 is 1.32. The highest BCUT2D eigenvalue weighted by molar-refractivity contribution is 7.14. The Kier molecular flexibility index (Phi) is 5.05. The summed E-state index contributed by atoms with van der Waals surface area (Å²) in [6.07, 6.45) is 0. The third-order valence-corrected chi connectivity index (χ3v) is 3.61. The van der Waals surface area contributed by atoms with Gasteiger partial charge in [0, 0.05) is 23.1 Å². The standard InChI is InChI=1S/C14H15N3O4S/c1-3-21-13(18)9(2)15-14-16-12(8-22-14)10-5-4-6-11(7-10)17(19)20/h4-9H,3H2,1-2H3,(H,15,16). The van der Waals surface area contributed by atoms with Gasteiger partial charge in [0.15, 0.2) is 5.13 Å². The molecule has 2 aromatic rings. The Balaban J connectivity index is 2.13. The van der Waals surface area contributed by atoms with Crippen LogP contribution in [0.1, 0.15) is 13.8 Å². The topological polar surface area (TPSA) is 94.4 Å². The number of hydrogen-bond acceptors (Lipinski definition) is 7. The van der Waals surface area contributed by atoms with Gasteiger partial charge in [0.05, 0.1) is 17.2 Å². The minimum atomic E-state index is -0.510. The van der Waals surface area contributed by atoms with Gasteiger partial charge in [0.2, 0.25) is 0 Å². The number of aromatic nitrogens is 1. The smallest absolute Gasteiger partial charge is 0.328 e. The van der Waals surface area contributed by atoms with Crippen molar-refractivity contribution in [3.05, 3.63) is 39.8 Å². The van der Waals surface area contributed by atoms with Gasteiger partial charge in [-0.05, 0) is 13.8 Å². The fourth-order valence-corrected chi connectivity index (χ4v) is 2.57. The minimum absolute atomic E-state index is 0.0138. The van der Waals surface area contributed by atoms with E-state index < -0.39 is 11.0 Å². The van der Waals surface area contributed by atoms with Crippen LogP contribution in [-0.4, -0.2) is 28.5 Å². The van der Waals surface area contributed by atoms with Gasteiger partial charge in [-0.2, -0.15) is 0 Å². The Hall–Kier alpha value is -2.48. The molecule has 1 N–H and O–H groups in total. The van der Waals surface area contributed by atoms with Gasteiger partial charge in [-0.1, -0.05) is 12.1 Å². The Morgan fingerprint density at radius 2 is 2.32 bits per heavy atom. The first-order valence-corrected chi connectivity index (χ1v) is 7.52. The Morgan fingerprint density at radius 1 is 1.55 bits per heavy atom. The predicted octanol–water partition coefficient (Wildman–Crippen LogP) is 3.08. The number of nitro benzene ring substituents is 1. The van der Waals surface area contributed by atoms with Crippen LogP contribution in [0, 0.1) is 10.1 Å². The second kappa shape index (κ2) is 6.99. The molecule has 1 aromatic heterocycles. The molecule has 0 radical (unpaired) electrons. The molecule has 0 bridgehead atoms. The predicted molar refractivity (Wildman–Crippen MR) is 83.9 cm³/mol. The molecule has 2 rings (SSSR count). The highest BCUT2D eigenvalue weighted by Crippen LogP contribution is 2.27. The summed E-state index contributed by atoms with van der Waals surface area (Å²) in [5.41, 5.74) is 1.29. The summed E-state index contributed by atoms with van der Waals surface area (Å²) in [5.74, 6) is -0.352. The van der Waals surface area contributed by atoms with E-state index in [1.54, 1.807) is 31.4 Å². The number of non-ortho nitro benzene ring substituents is 1. The molecule has 0 aliphatic carbocycles. The van der Waals surface area contributed by atoms with Gasteiger partial charge in [-0.3, -0.25) is 10.1 Å². The first-order chi connectivity index (χ1) is 10.5. The van der Waals surface area contributed by atoms with Crippen LogP contribution in [0.3, 0.4) is 0 Å². The fraction of sp³-hybridized carbons (Fsp3) is 0.286. The van der Waals surface area contributed by atoms with Crippen LogP contribution in [0.2, 0.25) is 0 Å². The lowest BCUT2D eigenvalue weighted by molar-refractivity contribution is -0.384. The Morgan fingerprint density at radius 3 is 3.00 bits per heavy atom. The average Bonchev–Trinajstić information content (AvgIpc) is 2.96. The number of nitrogens with one attached hydrogen (secondary N) is 1. The first kappa shape index (κ1) is 15.9. The molecule has 0 amide bonds. The van der Waals surface area contributed by atoms with Gasteiger partial charge >= 0.3 is 5.97 Å². The van der Waals surface area contributed by atoms with Crippen molar-refractivity contribution in [1.29, 1.82) is 0 Å². The van der Waals surface area contributed by atoms with Gasteiger partial charge < -0.3 is 10.1 Å². The SMILES string of the molecule is CCOC(=O)C(C)Nc1nc(-c2cccc([N+](=O)[O-])c2)cs1. The summed E-state index contributed by atoms with van der Waals surface area (Å²) in [4.78, 5) is 26.3. The van der Waals surface area contributed by atoms with Crippen molar-refractivity contribution in [3.8, 4) is 11.3 Å². The van der Waals surface area contributed by atoms with Crippen LogP contribution in [0.15, 0.2) is 29.6 Å². The number of rotatable bonds is 6. The summed E-state index contributed by atoms with van der Waals surface area (Å²) in [6, 6.07) is 5.75. The van der Waals surface area contributed by atoms with E-state index in [-0.39, 0.29) is 11.7 Å². The van der Waals surface area contributed by atoms with Crippen molar-refractivity contribution in [3.63, 3.8) is 0 Å². The number of carbonyl (C=O) groups is 1. The van der Waals surface area contributed by atoms with E-state index in [1.807, 2.05) is 0 Å². The minimum Gasteiger partial charge on any atom is -0.464 e. The molecule has 1 unspecified atom stereocenters. The Bertz CT molecular complexity index is 686. The third kappa shape index (κ3) is 3.79. The molecule has 8 heteroatoms. The number of ether oxygens (including phenoxy) is 1. The quantitative estimate of drug-likeness (QED) is 0.499. The molecule has 0 saturated heterocycles. The largest absolute Gasteiger partial charge is 0.464 e. The molecule has 0 saturated carbocycles. The lowest BCUT2D eigenvalue weighted by atomic mass is 10.1. The fourth-order valence-electron chi connectivity index (χ4n) is 1.76. The summed E-state index contributed by atoms with van der Waals surface area (Å²) in [5, 5.41) is 16.1. The molecular weight excluding hydrogens is 306 g/mol. The lowest BCUT2D eigenvalue weighted by Gasteiger charge is -2.10. The van der Waals surface area contributed by atoms with Gasteiger partial charge in [-0.15, -0.1) is 11.3 Å². The van der Waals surface area contributed by atoms with Crippen molar-refractivity contribution in [2.75, 3.05) is 11.9 Å². The molecule has 22 heavy (non-hydrogen) atoms. The van der Waals surface area contributed by atoms with Crippen LogP contribution in [0.25, 0.3) is 11.3 Å². The van der Waals surface area contributed by atoms with Crippen molar-refractivity contribution < 1.29 is 14.5 Å². The Labute approximate surface area is 131 Å². The number of anilines is 1. The van der Waals surface area contributed by atoms with E-state index in [0.717, 1.165) is 0 Å². The van der Waals surface area contributed by atoms with E-state index >= 15 is 0 Å². The van der Waals surface area contributed by atoms with Crippen LogP contribution < -0.4 is 5.32 Å². The first-order valence-electron chi connectivity index (χ1n) is 6.64. The van der Waals surface area contributed by atoms with Crippen LogP contribution in [0.5, 0.6) is 0 Å². The van der Waals surface area contributed by atoms with Crippen LogP contribution in [0.4, 0.5) is 10.8 Å². The number of benzene rings is 1. The zero-order valence-corrected chi connectivity index (χ0v) is 12.9. The zero-order chi connectivity index (χ0) is 16.1. The number of esters is 1. The molecule has 1 heterocycles. The van der Waals surface area contributed by atoms with E-state index in [1.165, 1.54) is 23.5 Å². The number of hydrogen-bond donors (Lipinski definition) is 1. The summed E-state index contributed by atoms with van der Waals surface area (Å²) in [7, 11) is 0. The second-order valence-corrected chi connectivity index (χ2v) is 5.32. The van der Waals surface area contributed by atoms with Gasteiger partial charge in [-0.25, -0.2) is 9.78 Å². The number of carbonyl (C=O) groups excluding carboxylic acids is 1. The zero-order valence-electron chi connectivity index (χ0n) is 12.1. The monoisotopic (exact) mass is 321 g/mol. The maximum absolute atomic E-state index is 11.6. The maximum Gasteiger partial charge on any atom is 0.328 e. The molecule has 0 aliphatic heterocycles. The molecule has 7 nitrogen and oxygen atoms in total. The van der Waals surface area contributed by atoms with Crippen molar-refractivity contribution in [1.82, 2.24) is 4.98 Å². The molecule has 0 fully saturated rings. The normalized spacial score (nSPS) is 11.7. The highest BCUT2D eigenvalue weighted by atomic mass is 32.1. The second-order valence-electron chi connectivity index (χ2n) is 4.46. The number of nitrogens with zero attached hydrogens (tertiary/aromatic N) is 2. The van der Waals surface area contributed by atoms with E-state index in [9.17, 15) is 14.9 Å². The summed E-state index contributed by atoms with van der Waals surface area (Å²) < 4.78 is 4.91. The molecule has 0 aliphatic rings. The van der Waals surface area contributed by atoms with Crippen molar-refractivity contribution in [2.45, 2.75) is 19.9 Å².